The van der Waals surface area contributed by atoms with Crippen molar-refractivity contribution in [2.45, 2.75) is 50.5 Å². The summed E-state index contributed by atoms with van der Waals surface area (Å²) in [6, 6.07) is 0. The average molecular weight is 182 g/mol. The van der Waals surface area contributed by atoms with Crippen molar-refractivity contribution >= 4 is 0 Å². The number of rotatable bonds is 2. The van der Waals surface area contributed by atoms with Gasteiger partial charge < -0.3 is 10.6 Å². The van der Waals surface area contributed by atoms with Crippen LogP contribution in [0.4, 0.5) is 0 Å². The smallest absolute Gasteiger partial charge is 0.0283 e. The maximum Gasteiger partial charge on any atom is 0.0283 e. The standard InChI is InChI=1S/C11H22N2/c12-11(6-2-1-3-7-11)10-13-8-4-5-9-13/h1-10,12H2. The predicted octanol–water partition coefficient (Wildman–Crippen LogP) is 1.74. The lowest BCUT2D eigenvalue weighted by molar-refractivity contribution is 0.197. The first-order valence-corrected chi connectivity index (χ1v) is 5.80. The van der Waals surface area contributed by atoms with Gasteiger partial charge in [-0.05, 0) is 38.8 Å². The fourth-order valence-corrected chi connectivity index (χ4v) is 2.80. The van der Waals surface area contributed by atoms with Crippen LogP contribution in [-0.4, -0.2) is 30.1 Å². The first-order valence-electron chi connectivity index (χ1n) is 5.80. The molecule has 0 aromatic heterocycles. The Morgan fingerprint density at radius 2 is 1.54 bits per heavy atom. The highest BCUT2D eigenvalue weighted by atomic mass is 15.2. The van der Waals surface area contributed by atoms with Crippen molar-refractivity contribution in [2.75, 3.05) is 19.6 Å². The summed E-state index contributed by atoms with van der Waals surface area (Å²) < 4.78 is 0. The third kappa shape index (κ3) is 2.44. The van der Waals surface area contributed by atoms with Crippen LogP contribution in [0, 0.1) is 0 Å². The minimum absolute atomic E-state index is 0.169. The predicted molar refractivity (Wildman–Crippen MR) is 55.7 cm³/mol. The van der Waals surface area contributed by atoms with Gasteiger partial charge in [0, 0.05) is 12.1 Å². The number of hydrogen-bond acceptors (Lipinski definition) is 2. The second kappa shape index (κ2) is 3.97. The summed E-state index contributed by atoms with van der Waals surface area (Å²) in [7, 11) is 0. The number of hydrogen-bond donors (Lipinski definition) is 1. The van der Waals surface area contributed by atoms with Gasteiger partial charge in [-0.1, -0.05) is 19.3 Å². The molecule has 0 atom stereocenters. The largest absolute Gasteiger partial charge is 0.324 e. The molecular formula is C11H22N2. The molecule has 2 N–H and O–H groups in total. The molecule has 2 fully saturated rings. The Morgan fingerprint density at radius 3 is 2.15 bits per heavy atom. The van der Waals surface area contributed by atoms with E-state index in [1.54, 1.807) is 0 Å². The molecule has 1 saturated carbocycles. The summed E-state index contributed by atoms with van der Waals surface area (Å²) in [5.74, 6) is 0. The number of nitrogens with two attached hydrogens (primary N) is 1. The number of nitrogens with zero attached hydrogens (tertiary/aromatic N) is 1. The van der Waals surface area contributed by atoms with Gasteiger partial charge >= 0.3 is 0 Å². The van der Waals surface area contributed by atoms with Crippen molar-refractivity contribution in [3.8, 4) is 0 Å². The van der Waals surface area contributed by atoms with Gasteiger partial charge in [-0.3, -0.25) is 0 Å². The Bertz CT molecular complexity index is 155. The van der Waals surface area contributed by atoms with Crippen molar-refractivity contribution in [3.05, 3.63) is 0 Å². The van der Waals surface area contributed by atoms with Gasteiger partial charge in [0.1, 0.15) is 0 Å². The molecule has 0 radical (unpaired) electrons. The maximum atomic E-state index is 6.40. The second-order valence-corrected chi connectivity index (χ2v) is 4.91. The van der Waals surface area contributed by atoms with Crippen molar-refractivity contribution in [1.82, 2.24) is 4.90 Å². The molecular weight excluding hydrogens is 160 g/mol. The van der Waals surface area contributed by atoms with E-state index in [1.165, 1.54) is 58.0 Å². The van der Waals surface area contributed by atoms with E-state index in [2.05, 4.69) is 4.90 Å². The van der Waals surface area contributed by atoms with E-state index in [0.29, 0.717) is 0 Å². The molecule has 2 nitrogen and oxygen atoms in total. The van der Waals surface area contributed by atoms with Gasteiger partial charge in [-0.25, -0.2) is 0 Å². The summed E-state index contributed by atoms with van der Waals surface area (Å²) >= 11 is 0. The average Bonchev–Trinajstić information content (AvgIpc) is 2.57. The van der Waals surface area contributed by atoms with Crippen LogP contribution in [0.1, 0.15) is 44.9 Å². The lowest BCUT2D eigenvalue weighted by atomic mass is 9.82. The van der Waals surface area contributed by atoms with E-state index in [0.717, 1.165) is 6.54 Å². The first-order chi connectivity index (χ1) is 6.29. The Labute approximate surface area is 81.5 Å². The summed E-state index contributed by atoms with van der Waals surface area (Å²) in [6.45, 7) is 3.74. The third-order valence-corrected chi connectivity index (χ3v) is 3.59. The number of likely N-dealkylation sites (tertiary alicyclic amines) is 1. The lowest BCUT2D eigenvalue weighted by Gasteiger charge is -2.36. The van der Waals surface area contributed by atoms with Crippen molar-refractivity contribution in [3.63, 3.8) is 0 Å². The van der Waals surface area contributed by atoms with Gasteiger partial charge in [0.25, 0.3) is 0 Å². The Hall–Kier alpha value is -0.0800. The fraction of sp³-hybridized carbons (Fsp3) is 1.00. The van der Waals surface area contributed by atoms with Crippen LogP contribution in [0.2, 0.25) is 0 Å². The minimum atomic E-state index is 0.169. The maximum absolute atomic E-state index is 6.40. The van der Waals surface area contributed by atoms with Crippen molar-refractivity contribution in [1.29, 1.82) is 0 Å². The van der Waals surface area contributed by atoms with E-state index in [4.69, 9.17) is 5.73 Å². The highest BCUT2D eigenvalue weighted by molar-refractivity contribution is 4.91. The SMILES string of the molecule is NC1(CN2CCCC2)CCCCC1. The molecule has 1 saturated heterocycles. The van der Waals surface area contributed by atoms with Crippen LogP contribution in [0.5, 0.6) is 0 Å². The van der Waals surface area contributed by atoms with Crippen LogP contribution in [0.3, 0.4) is 0 Å². The topological polar surface area (TPSA) is 29.3 Å². The van der Waals surface area contributed by atoms with E-state index < -0.39 is 0 Å². The van der Waals surface area contributed by atoms with Gasteiger partial charge in [-0.15, -0.1) is 0 Å². The molecule has 0 aromatic rings. The zero-order chi connectivity index (χ0) is 9.15. The van der Waals surface area contributed by atoms with Crippen LogP contribution >= 0.6 is 0 Å². The molecule has 1 aliphatic heterocycles. The molecule has 0 aromatic carbocycles. The lowest BCUT2D eigenvalue weighted by Crippen LogP contribution is -2.50. The summed E-state index contributed by atoms with van der Waals surface area (Å²) in [4.78, 5) is 2.56. The molecule has 1 heterocycles. The molecule has 76 valence electrons. The van der Waals surface area contributed by atoms with E-state index in [1.807, 2.05) is 0 Å². The van der Waals surface area contributed by atoms with E-state index in [9.17, 15) is 0 Å². The van der Waals surface area contributed by atoms with E-state index >= 15 is 0 Å². The summed E-state index contributed by atoms with van der Waals surface area (Å²) in [5, 5.41) is 0. The van der Waals surface area contributed by atoms with Crippen molar-refractivity contribution < 1.29 is 0 Å². The molecule has 0 unspecified atom stereocenters. The molecule has 1 aliphatic carbocycles. The van der Waals surface area contributed by atoms with Gasteiger partial charge in [0.05, 0.1) is 0 Å². The van der Waals surface area contributed by atoms with Crippen LogP contribution in [0.15, 0.2) is 0 Å². The molecule has 0 spiro atoms. The highest BCUT2D eigenvalue weighted by Crippen LogP contribution is 2.27. The Balaban J connectivity index is 1.83. The summed E-state index contributed by atoms with van der Waals surface area (Å²) in [6.07, 6.45) is 9.38. The van der Waals surface area contributed by atoms with Gasteiger partial charge in [0.2, 0.25) is 0 Å². The molecule has 13 heavy (non-hydrogen) atoms. The zero-order valence-electron chi connectivity index (χ0n) is 8.60. The minimum Gasteiger partial charge on any atom is -0.324 e. The molecule has 0 bridgehead atoms. The van der Waals surface area contributed by atoms with Crippen LogP contribution in [-0.2, 0) is 0 Å². The fourth-order valence-electron chi connectivity index (χ4n) is 2.80. The molecule has 2 rings (SSSR count). The van der Waals surface area contributed by atoms with E-state index in [-0.39, 0.29) is 5.54 Å². The summed E-state index contributed by atoms with van der Waals surface area (Å²) in [5.41, 5.74) is 6.57. The normalized spacial score (nSPS) is 29.3. The van der Waals surface area contributed by atoms with Gasteiger partial charge in [-0.2, -0.15) is 0 Å². The second-order valence-electron chi connectivity index (χ2n) is 4.91. The first kappa shape index (κ1) is 9.47. The third-order valence-electron chi connectivity index (χ3n) is 3.59. The quantitative estimate of drug-likeness (QED) is 0.705. The van der Waals surface area contributed by atoms with Gasteiger partial charge in [0.15, 0.2) is 0 Å². The van der Waals surface area contributed by atoms with Crippen LogP contribution < -0.4 is 5.73 Å². The molecule has 2 heteroatoms. The molecule has 0 amide bonds. The molecule has 2 aliphatic rings. The Kier molecular flexibility index (Phi) is 2.89. The van der Waals surface area contributed by atoms with Crippen molar-refractivity contribution in [2.24, 2.45) is 5.73 Å². The zero-order valence-corrected chi connectivity index (χ0v) is 8.60. The van der Waals surface area contributed by atoms with Crippen LogP contribution in [0.25, 0.3) is 0 Å². The Morgan fingerprint density at radius 1 is 0.923 bits per heavy atom. The monoisotopic (exact) mass is 182 g/mol. The highest BCUT2D eigenvalue weighted by Gasteiger charge is 2.30.